The smallest absolute Gasteiger partial charge is 0.170 e. The number of aromatic nitrogens is 1. The largest absolute Gasteiger partial charge is 0.356 e. The average molecular weight is 438 g/mol. The zero-order valence-electron chi connectivity index (χ0n) is 16.2. The Hall–Kier alpha value is -1.66. The van der Waals surface area contributed by atoms with Crippen molar-refractivity contribution in [3.63, 3.8) is 0 Å². The molecule has 4 nitrogen and oxygen atoms in total. The summed E-state index contributed by atoms with van der Waals surface area (Å²) in [6, 6.07) is 13.5. The van der Waals surface area contributed by atoms with Crippen LogP contribution in [-0.4, -0.2) is 41.1 Å². The van der Waals surface area contributed by atoms with Gasteiger partial charge in [-0.2, -0.15) is 0 Å². The lowest BCUT2D eigenvalue weighted by molar-refractivity contribution is 0.171. The molecule has 2 aliphatic rings. The minimum Gasteiger partial charge on any atom is -0.356 e. The quantitative estimate of drug-likeness (QED) is 0.574. The van der Waals surface area contributed by atoms with Gasteiger partial charge in [0.25, 0.3) is 0 Å². The van der Waals surface area contributed by atoms with Crippen molar-refractivity contribution in [1.29, 1.82) is 0 Å². The van der Waals surface area contributed by atoms with Crippen molar-refractivity contribution < 1.29 is 8.91 Å². The topological polar surface area (TPSA) is 32.5 Å². The van der Waals surface area contributed by atoms with Gasteiger partial charge in [0.05, 0.1) is 5.69 Å². The summed E-state index contributed by atoms with van der Waals surface area (Å²) in [4.78, 5) is 5.10. The fraction of sp³-hybridized carbons (Fsp3) is 0.409. The van der Waals surface area contributed by atoms with Gasteiger partial charge in [-0.3, -0.25) is 4.90 Å². The van der Waals surface area contributed by atoms with E-state index in [1.807, 2.05) is 0 Å². The molecule has 5 rings (SSSR count). The van der Waals surface area contributed by atoms with E-state index in [1.54, 1.807) is 6.07 Å². The Bertz CT molecular complexity index is 931. The standard InChI is InChI=1S/C22H24FN3O.2ClH/c23-19-5-6-20-21(13-19)27-24-22(20)16-7-9-25(10-8-16)11-12-26-14-17-3-1-2-4-18(17)15-26;;/h1-6,13,16H,7-12,14-15H2;2*1H. The highest BCUT2D eigenvalue weighted by Gasteiger charge is 2.26. The summed E-state index contributed by atoms with van der Waals surface area (Å²) in [6.07, 6.45) is 2.17. The number of likely N-dealkylation sites (tertiary alicyclic amines) is 1. The van der Waals surface area contributed by atoms with Crippen molar-refractivity contribution in [2.24, 2.45) is 0 Å². The Morgan fingerprint density at radius 1 is 0.931 bits per heavy atom. The number of rotatable bonds is 4. The SMILES string of the molecule is Cl.Cl.Fc1ccc2c(C3CCN(CCN4Cc5ccccc5C4)CC3)noc2c1. The summed E-state index contributed by atoms with van der Waals surface area (Å²) in [5.74, 6) is 0.132. The Balaban J connectivity index is 0.00000120. The predicted octanol–water partition coefficient (Wildman–Crippen LogP) is 5.01. The van der Waals surface area contributed by atoms with E-state index in [1.165, 1.54) is 23.3 Å². The van der Waals surface area contributed by atoms with E-state index >= 15 is 0 Å². The fourth-order valence-corrected chi connectivity index (χ4v) is 4.50. The van der Waals surface area contributed by atoms with Crippen molar-refractivity contribution >= 4 is 35.8 Å². The lowest BCUT2D eigenvalue weighted by Gasteiger charge is -2.32. The second-order valence-corrected chi connectivity index (χ2v) is 7.80. The van der Waals surface area contributed by atoms with Crippen LogP contribution in [0.25, 0.3) is 11.0 Å². The Morgan fingerprint density at radius 2 is 1.59 bits per heavy atom. The van der Waals surface area contributed by atoms with Crippen LogP contribution in [0.2, 0.25) is 0 Å². The molecule has 0 unspecified atom stereocenters. The number of benzene rings is 2. The molecule has 7 heteroatoms. The molecule has 1 fully saturated rings. The molecular formula is C22H26Cl2FN3O. The highest BCUT2D eigenvalue weighted by atomic mass is 35.5. The van der Waals surface area contributed by atoms with Crippen LogP contribution in [0.4, 0.5) is 4.39 Å². The normalized spacial score (nSPS) is 17.7. The number of nitrogens with zero attached hydrogens (tertiary/aromatic N) is 3. The van der Waals surface area contributed by atoms with E-state index in [0.29, 0.717) is 11.5 Å². The van der Waals surface area contributed by atoms with E-state index in [4.69, 9.17) is 4.52 Å². The molecule has 0 N–H and O–H groups in total. The number of fused-ring (bicyclic) bond motifs is 2. The molecule has 0 atom stereocenters. The van der Waals surface area contributed by atoms with Gasteiger partial charge in [-0.15, -0.1) is 24.8 Å². The number of piperidine rings is 1. The second-order valence-electron chi connectivity index (χ2n) is 7.80. The molecule has 3 heterocycles. The third-order valence-corrected chi connectivity index (χ3v) is 6.07. The molecule has 2 aromatic carbocycles. The maximum atomic E-state index is 13.3. The molecule has 0 amide bonds. The number of hydrogen-bond acceptors (Lipinski definition) is 4. The molecule has 0 radical (unpaired) electrons. The lowest BCUT2D eigenvalue weighted by Crippen LogP contribution is -2.38. The van der Waals surface area contributed by atoms with Crippen LogP contribution in [0.1, 0.15) is 35.6 Å². The summed E-state index contributed by atoms with van der Waals surface area (Å²) in [7, 11) is 0. The zero-order valence-corrected chi connectivity index (χ0v) is 17.9. The first kappa shape index (κ1) is 22.0. The van der Waals surface area contributed by atoms with E-state index < -0.39 is 0 Å². The minimum atomic E-state index is -0.274. The molecular weight excluding hydrogens is 412 g/mol. The van der Waals surface area contributed by atoms with Crippen LogP contribution in [-0.2, 0) is 13.1 Å². The third kappa shape index (κ3) is 4.58. The van der Waals surface area contributed by atoms with E-state index in [9.17, 15) is 4.39 Å². The summed E-state index contributed by atoms with van der Waals surface area (Å²) >= 11 is 0. The Kier molecular flexibility index (Phi) is 7.17. The first-order valence-corrected chi connectivity index (χ1v) is 9.82. The second kappa shape index (κ2) is 9.43. The van der Waals surface area contributed by atoms with Gasteiger partial charge in [0.1, 0.15) is 5.82 Å². The van der Waals surface area contributed by atoms with Crippen molar-refractivity contribution in [2.75, 3.05) is 26.2 Å². The first-order valence-electron chi connectivity index (χ1n) is 9.82. The average Bonchev–Trinajstić information content (AvgIpc) is 3.30. The van der Waals surface area contributed by atoms with Gasteiger partial charge in [-0.05, 0) is 49.2 Å². The highest BCUT2D eigenvalue weighted by Crippen LogP contribution is 2.32. The van der Waals surface area contributed by atoms with Crippen LogP contribution < -0.4 is 0 Å². The molecule has 2 aliphatic heterocycles. The minimum absolute atomic E-state index is 0. The molecule has 156 valence electrons. The summed E-state index contributed by atoms with van der Waals surface area (Å²) in [5.41, 5.74) is 4.51. The van der Waals surface area contributed by atoms with Crippen LogP contribution in [0, 0.1) is 5.82 Å². The van der Waals surface area contributed by atoms with Crippen molar-refractivity contribution in [3.8, 4) is 0 Å². The van der Waals surface area contributed by atoms with Gasteiger partial charge in [0.15, 0.2) is 5.58 Å². The predicted molar refractivity (Wildman–Crippen MR) is 117 cm³/mol. The lowest BCUT2D eigenvalue weighted by atomic mass is 9.91. The Labute approximate surface area is 182 Å². The van der Waals surface area contributed by atoms with Gasteiger partial charge in [0, 0.05) is 43.5 Å². The number of halogens is 3. The molecule has 0 bridgehead atoms. The Morgan fingerprint density at radius 3 is 2.28 bits per heavy atom. The summed E-state index contributed by atoms with van der Waals surface area (Å²) in [5, 5.41) is 5.21. The molecule has 29 heavy (non-hydrogen) atoms. The molecule has 0 spiro atoms. The van der Waals surface area contributed by atoms with Gasteiger partial charge in [0.2, 0.25) is 0 Å². The first-order chi connectivity index (χ1) is 13.3. The maximum absolute atomic E-state index is 13.3. The number of hydrogen-bond donors (Lipinski definition) is 0. The van der Waals surface area contributed by atoms with Crippen molar-refractivity contribution in [3.05, 3.63) is 65.1 Å². The van der Waals surface area contributed by atoms with Gasteiger partial charge < -0.3 is 9.42 Å². The fourth-order valence-electron chi connectivity index (χ4n) is 4.50. The summed E-state index contributed by atoms with van der Waals surface area (Å²) < 4.78 is 18.7. The summed E-state index contributed by atoms with van der Waals surface area (Å²) in [6.45, 7) is 6.56. The van der Waals surface area contributed by atoms with E-state index in [-0.39, 0.29) is 30.6 Å². The van der Waals surface area contributed by atoms with E-state index in [0.717, 1.165) is 63.2 Å². The highest BCUT2D eigenvalue weighted by molar-refractivity contribution is 5.85. The van der Waals surface area contributed by atoms with Crippen LogP contribution >= 0.6 is 24.8 Å². The molecule has 3 aromatic rings. The van der Waals surface area contributed by atoms with Crippen molar-refractivity contribution in [2.45, 2.75) is 31.8 Å². The third-order valence-electron chi connectivity index (χ3n) is 6.07. The van der Waals surface area contributed by atoms with Crippen LogP contribution in [0.15, 0.2) is 47.0 Å². The van der Waals surface area contributed by atoms with Gasteiger partial charge in [-0.25, -0.2) is 4.39 Å². The van der Waals surface area contributed by atoms with Gasteiger partial charge in [-0.1, -0.05) is 29.4 Å². The maximum Gasteiger partial charge on any atom is 0.170 e. The molecule has 1 aromatic heterocycles. The van der Waals surface area contributed by atoms with Crippen molar-refractivity contribution in [1.82, 2.24) is 15.0 Å². The molecule has 0 aliphatic carbocycles. The monoisotopic (exact) mass is 437 g/mol. The van der Waals surface area contributed by atoms with Crippen LogP contribution in [0.5, 0.6) is 0 Å². The molecule has 0 saturated carbocycles. The zero-order chi connectivity index (χ0) is 18.2. The van der Waals surface area contributed by atoms with E-state index in [2.05, 4.69) is 39.2 Å². The van der Waals surface area contributed by atoms with Gasteiger partial charge >= 0.3 is 0 Å². The molecule has 1 saturated heterocycles. The van der Waals surface area contributed by atoms with Crippen LogP contribution in [0.3, 0.4) is 0 Å².